The number of nitrogens with zero attached hydrogens (tertiary/aromatic N) is 1. The van der Waals surface area contributed by atoms with Crippen molar-refractivity contribution in [3.63, 3.8) is 0 Å². The third kappa shape index (κ3) is 3.12. The van der Waals surface area contributed by atoms with E-state index in [1.807, 2.05) is 6.92 Å². The van der Waals surface area contributed by atoms with E-state index in [-0.39, 0.29) is 5.91 Å². The molecule has 1 saturated carbocycles. The van der Waals surface area contributed by atoms with Gasteiger partial charge in [0.2, 0.25) is 0 Å². The predicted molar refractivity (Wildman–Crippen MR) is 72.4 cm³/mol. The maximum atomic E-state index is 12.1. The zero-order valence-electron chi connectivity index (χ0n) is 10.9. The molecule has 0 aliphatic heterocycles. The molecule has 19 heavy (non-hydrogen) atoms. The Balaban J connectivity index is 2.16. The van der Waals surface area contributed by atoms with E-state index in [2.05, 4.69) is 10.3 Å². The Morgan fingerprint density at radius 1 is 1.32 bits per heavy atom. The minimum Gasteiger partial charge on any atom is -0.480 e. The number of nitrogens with one attached hydrogen (secondary N) is 1. The highest BCUT2D eigenvalue weighted by molar-refractivity contribution is 7.13. The first kappa shape index (κ1) is 14.0. The fourth-order valence-electron chi connectivity index (χ4n) is 2.47. The van der Waals surface area contributed by atoms with Crippen LogP contribution in [0.2, 0.25) is 0 Å². The number of aryl methyl sites for hydroxylation is 1. The normalized spacial score (nSPS) is 18.6. The molecule has 6 heteroatoms. The fraction of sp³-hybridized carbons (Fsp3) is 0.615. The van der Waals surface area contributed by atoms with Gasteiger partial charge in [0.1, 0.15) is 10.4 Å². The van der Waals surface area contributed by atoms with Crippen LogP contribution in [0.3, 0.4) is 0 Å². The van der Waals surface area contributed by atoms with Crippen molar-refractivity contribution >= 4 is 23.2 Å². The smallest absolute Gasteiger partial charge is 0.329 e. The van der Waals surface area contributed by atoms with Gasteiger partial charge in [0.05, 0.1) is 11.2 Å². The average molecular weight is 282 g/mol. The summed E-state index contributed by atoms with van der Waals surface area (Å²) >= 11 is 1.28. The molecule has 1 heterocycles. The third-order valence-electron chi connectivity index (χ3n) is 3.56. The number of carboxylic acids is 1. The third-order valence-corrected chi connectivity index (χ3v) is 4.48. The molecule has 2 N–H and O–H groups in total. The Hall–Kier alpha value is -1.43. The van der Waals surface area contributed by atoms with Gasteiger partial charge in [-0.2, -0.15) is 0 Å². The van der Waals surface area contributed by atoms with E-state index in [0.717, 1.165) is 30.7 Å². The number of aliphatic carboxylic acids is 1. The van der Waals surface area contributed by atoms with Crippen molar-refractivity contribution in [1.82, 2.24) is 10.3 Å². The van der Waals surface area contributed by atoms with E-state index in [1.54, 1.807) is 0 Å². The Labute approximate surface area is 116 Å². The SMILES string of the molecule is Cc1ncc(C(=O)NC2(C(=O)O)CCCCCC2)s1. The summed E-state index contributed by atoms with van der Waals surface area (Å²) in [6.45, 7) is 1.82. The van der Waals surface area contributed by atoms with Crippen LogP contribution in [-0.4, -0.2) is 27.5 Å². The lowest BCUT2D eigenvalue weighted by Gasteiger charge is -2.28. The first-order valence-corrected chi connectivity index (χ1v) is 7.33. The molecule has 1 aromatic heterocycles. The summed E-state index contributed by atoms with van der Waals surface area (Å²) in [6, 6.07) is 0. The Kier molecular flexibility index (Phi) is 4.19. The van der Waals surface area contributed by atoms with E-state index in [4.69, 9.17) is 0 Å². The molecule has 1 amide bonds. The monoisotopic (exact) mass is 282 g/mol. The van der Waals surface area contributed by atoms with E-state index in [9.17, 15) is 14.7 Å². The van der Waals surface area contributed by atoms with Crippen LogP contribution in [0, 0.1) is 6.92 Å². The molecule has 0 spiro atoms. The maximum Gasteiger partial charge on any atom is 0.329 e. The van der Waals surface area contributed by atoms with Crippen molar-refractivity contribution in [3.8, 4) is 0 Å². The van der Waals surface area contributed by atoms with Gasteiger partial charge in [-0.1, -0.05) is 25.7 Å². The van der Waals surface area contributed by atoms with Crippen molar-refractivity contribution in [2.24, 2.45) is 0 Å². The van der Waals surface area contributed by atoms with Crippen LogP contribution >= 0.6 is 11.3 Å². The van der Waals surface area contributed by atoms with Crippen LogP contribution in [0.1, 0.15) is 53.2 Å². The standard InChI is InChI=1S/C13H18N2O3S/c1-9-14-8-10(19-9)11(16)15-13(12(17)18)6-4-2-3-5-7-13/h8H,2-7H2,1H3,(H,15,16)(H,17,18). The van der Waals surface area contributed by atoms with E-state index in [1.165, 1.54) is 17.5 Å². The van der Waals surface area contributed by atoms with Crippen molar-refractivity contribution in [1.29, 1.82) is 0 Å². The topological polar surface area (TPSA) is 79.3 Å². The van der Waals surface area contributed by atoms with Crippen molar-refractivity contribution in [3.05, 3.63) is 16.1 Å². The summed E-state index contributed by atoms with van der Waals surface area (Å²) in [5, 5.41) is 13.0. The van der Waals surface area contributed by atoms with Gasteiger partial charge in [-0.25, -0.2) is 9.78 Å². The van der Waals surface area contributed by atoms with Gasteiger partial charge in [0.15, 0.2) is 0 Å². The lowest BCUT2D eigenvalue weighted by molar-refractivity contribution is -0.145. The fourth-order valence-corrected chi connectivity index (χ4v) is 3.14. The number of carboxylic acid groups (broad SMARTS) is 1. The molecule has 2 rings (SSSR count). The number of carbonyl (C=O) groups excluding carboxylic acids is 1. The average Bonchev–Trinajstić information content (AvgIpc) is 2.65. The molecule has 104 valence electrons. The number of carbonyl (C=O) groups is 2. The second kappa shape index (κ2) is 5.69. The quantitative estimate of drug-likeness (QED) is 0.834. The number of hydrogen-bond acceptors (Lipinski definition) is 4. The van der Waals surface area contributed by atoms with Crippen LogP contribution in [-0.2, 0) is 4.79 Å². The van der Waals surface area contributed by atoms with Crippen LogP contribution in [0.4, 0.5) is 0 Å². The first-order chi connectivity index (χ1) is 9.03. The first-order valence-electron chi connectivity index (χ1n) is 6.52. The molecule has 0 aromatic carbocycles. The molecule has 0 unspecified atom stereocenters. The van der Waals surface area contributed by atoms with Crippen LogP contribution < -0.4 is 5.32 Å². The Morgan fingerprint density at radius 3 is 2.42 bits per heavy atom. The van der Waals surface area contributed by atoms with E-state index < -0.39 is 11.5 Å². The summed E-state index contributed by atoms with van der Waals surface area (Å²) in [5.41, 5.74) is -1.11. The summed E-state index contributed by atoms with van der Waals surface area (Å²) < 4.78 is 0. The summed E-state index contributed by atoms with van der Waals surface area (Å²) in [6.07, 6.45) is 6.26. The highest BCUT2D eigenvalue weighted by Gasteiger charge is 2.40. The molecular formula is C13H18N2O3S. The molecule has 5 nitrogen and oxygen atoms in total. The van der Waals surface area contributed by atoms with E-state index >= 15 is 0 Å². The highest BCUT2D eigenvalue weighted by atomic mass is 32.1. The maximum absolute atomic E-state index is 12.1. The number of hydrogen-bond donors (Lipinski definition) is 2. The molecule has 1 fully saturated rings. The van der Waals surface area contributed by atoms with Crippen LogP contribution in [0.5, 0.6) is 0 Å². The highest BCUT2D eigenvalue weighted by Crippen LogP contribution is 2.28. The van der Waals surface area contributed by atoms with Gasteiger partial charge in [0, 0.05) is 0 Å². The molecule has 0 atom stereocenters. The summed E-state index contributed by atoms with van der Waals surface area (Å²) in [7, 11) is 0. The van der Waals surface area contributed by atoms with Gasteiger partial charge in [-0.3, -0.25) is 4.79 Å². The van der Waals surface area contributed by atoms with Gasteiger partial charge >= 0.3 is 5.97 Å². The Morgan fingerprint density at radius 2 is 1.95 bits per heavy atom. The zero-order chi connectivity index (χ0) is 13.9. The predicted octanol–water partition coefficient (Wildman–Crippen LogP) is 2.36. The molecule has 1 aliphatic rings. The van der Waals surface area contributed by atoms with Gasteiger partial charge in [-0.15, -0.1) is 11.3 Å². The van der Waals surface area contributed by atoms with Gasteiger partial charge in [0.25, 0.3) is 5.91 Å². The van der Waals surface area contributed by atoms with Crippen molar-refractivity contribution in [2.45, 2.75) is 51.0 Å². The summed E-state index contributed by atoms with van der Waals surface area (Å²) in [4.78, 5) is 28.2. The molecular weight excluding hydrogens is 264 g/mol. The number of thiazole rings is 1. The zero-order valence-corrected chi connectivity index (χ0v) is 11.8. The molecule has 0 saturated heterocycles. The number of rotatable bonds is 3. The number of aromatic nitrogens is 1. The van der Waals surface area contributed by atoms with Crippen molar-refractivity contribution < 1.29 is 14.7 Å². The summed E-state index contributed by atoms with van der Waals surface area (Å²) in [5.74, 6) is -1.25. The minimum absolute atomic E-state index is 0.324. The van der Waals surface area contributed by atoms with Gasteiger partial charge in [-0.05, 0) is 19.8 Å². The van der Waals surface area contributed by atoms with Gasteiger partial charge < -0.3 is 10.4 Å². The van der Waals surface area contributed by atoms with Crippen LogP contribution in [0.25, 0.3) is 0 Å². The van der Waals surface area contributed by atoms with Crippen LogP contribution in [0.15, 0.2) is 6.20 Å². The molecule has 1 aromatic rings. The number of amides is 1. The van der Waals surface area contributed by atoms with E-state index in [0.29, 0.717) is 17.7 Å². The largest absolute Gasteiger partial charge is 0.480 e. The second-order valence-corrected chi connectivity index (χ2v) is 6.23. The second-order valence-electron chi connectivity index (χ2n) is 5.00. The molecule has 1 aliphatic carbocycles. The molecule has 0 bridgehead atoms. The lowest BCUT2D eigenvalue weighted by Crippen LogP contribution is -2.54. The lowest BCUT2D eigenvalue weighted by atomic mass is 9.90. The Bertz CT molecular complexity index is 476. The molecule has 0 radical (unpaired) electrons. The minimum atomic E-state index is -1.11. The van der Waals surface area contributed by atoms with Crippen molar-refractivity contribution in [2.75, 3.05) is 0 Å².